The minimum atomic E-state index is -0.193. The molecule has 1 aliphatic heterocycles. The van der Waals surface area contributed by atoms with Crippen LogP contribution in [0.2, 0.25) is 0 Å². The Morgan fingerprint density at radius 1 is 1.11 bits per heavy atom. The second kappa shape index (κ2) is 10.4. The SMILES string of the molecule is Cc1ccncc1CNC(=O)CN1CC2(CCC(c3ccccc3)(N(C)C)CC2)N(CC2CCC2)C1=O. The summed E-state index contributed by atoms with van der Waals surface area (Å²) in [5.41, 5.74) is 3.24. The van der Waals surface area contributed by atoms with Crippen molar-refractivity contribution in [3.63, 3.8) is 0 Å². The van der Waals surface area contributed by atoms with Gasteiger partial charge in [0.1, 0.15) is 6.54 Å². The molecule has 2 aliphatic carbocycles. The lowest BCUT2D eigenvalue weighted by molar-refractivity contribution is -0.121. The van der Waals surface area contributed by atoms with Crippen LogP contribution in [0.5, 0.6) is 0 Å². The summed E-state index contributed by atoms with van der Waals surface area (Å²) in [5, 5.41) is 3.01. The van der Waals surface area contributed by atoms with Crippen LogP contribution >= 0.6 is 0 Å². The molecule has 1 saturated heterocycles. The number of urea groups is 1. The molecule has 1 aromatic heterocycles. The van der Waals surface area contributed by atoms with E-state index in [2.05, 4.69) is 64.5 Å². The van der Waals surface area contributed by atoms with Crippen LogP contribution in [0.25, 0.3) is 0 Å². The summed E-state index contributed by atoms with van der Waals surface area (Å²) < 4.78 is 0. The van der Waals surface area contributed by atoms with Crippen LogP contribution in [0.3, 0.4) is 0 Å². The fourth-order valence-electron chi connectivity index (χ4n) is 6.61. The van der Waals surface area contributed by atoms with E-state index >= 15 is 0 Å². The number of rotatable bonds is 8. The summed E-state index contributed by atoms with van der Waals surface area (Å²) in [4.78, 5) is 37.2. The highest BCUT2D eigenvalue weighted by atomic mass is 16.2. The lowest BCUT2D eigenvalue weighted by Crippen LogP contribution is -2.56. The number of benzene rings is 1. The number of aromatic nitrogens is 1. The molecule has 7 nitrogen and oxygen atoms in total. The van der Waals surface area contributed by atoms with Crippen LogP contribution in [0.15, 0.2) is 48.8 Å². The van der Waals surface area contributed by atoms with Crippen molar-refractivity contribution < 1.29 is 9.59 Å². The Balaban J connectivity index is 1.30. The lowest BCUT2D eigenvalue weighted by Gasteiger charge is -2.51. The average molecular weight is 504 g/mol. The van der Waals surface area contributed by atoms with Crippen molar-refractivity contribution >= 4 is 11.9 Å². The maximum Gasteiger partial charge on any atom is 0.321 e. The zero-order valence-corrected chi connectivity index (χ0v) is 22.6. The van der Waals surface area contributed by atoms with Gasteiger partial charge in [0.2, 0.25) is 5.91 Å². The van der Waals surface area contributed by atoms with Gasteiger partial charge in [0, 0.05) is 37.6 Å². The van der Waals surface area contributed by atoms with Gasteiger partial charge in [-0.15, -0.1) is 0 Å². The van der Waals surface area contributed by atoms with Gasteiger partial charge in [-0.25, -0.2) is 4.79 Å². The monoisotopic (exact) mass is 503 g/mol. The summed E-state index contributed by atoms with van der Waals surface area (Å²) in [7, 11) is 4.36. The summed E-state index contributed by atoms with van der Waals surface area (Å²) in [5.74, 6) is 0.484. The van der Waals surface area contributed by atoms with E-state index in [1.54, 1.807) is 17.3 Å². The second-order valence-corrected chi connectivity index (χ2v) is 11.6. The molecule has 3 aliphatic rings. The van der Waals surface area contributed by atoms with E-state index in [-0.39, 0.29) is 29.6 Å². The van der Waals surface area contributed by atoms with Gasteiger partial charge in [-0.05, 0) is 88.2 Å². The maximum absolute atomic E-state index is 13.7. The molecule has 5 rings (SSSR count). The van der Waals surface area contributed by atoms with E-state index in [4.69, 9.17) is 0 Å². The van der Waals surface area contributed by atoms with Crippen molar-refractivity contribution in [2.75, 3.05) is 33.7 Å². The van der Waals surface area contributed by atoms with Crippen LogP contribution in [0.4, 0.5) is 4.79 Å². The Bertz CT molecular complexity index is 1110. The van der Waals surface area contributed by atoms with Crippen molar-refractivity contribution in [3.05, 3.63) is 65.5 Å². The molecule has 0 unspecified atom stereocenters. The third-order valence-electron chi connectivity index (χ3n) is 9.36. The third kappa shape index (κ3) is 4.98. The van der Waals surface area contributed by atoms with Crippen molar-refractivity contribution in [1.82, 2.24) is 25.0 Å². The Labute approximate surface area is 221 Å². The molecule has 198 valence electrons. The lowest BCUT2D eigenvalue weighted by atomic mass is 9.68. The van der Waals surface area contributed by atoms with Crippen LogP contribution in [-0.2, 0) is 16.9 Å². The van der Waals surface area contributed by atoms with Crippen LogP contribution in [0, 0.1) is 12.8 Å². The maximum atomic E-state index is 13.7. The van der Waals surface area contributed by atoms with E-state index in [0.29, 0.717) is 19.0 Å². The highest BCUT2D eigenvalue weighted by Crippen LogP contribution is 2.49. The molecule has 1 N–H and O–H groups in total. The number of aryl methyl sites for hydroxylation is 1. The molecule has 2 aromatic rings. The summed E-state index contributed by atoms with van der Waals surface area (Å²) in [6, 6.07) is 12.8. The zero-order chi connectivity index (χ0) is 26.0. The number of nitrogens with zero attached hydrogens (tertiary/aromatic N) is 4. The minimum absolute atomic E-state index is 0.0237. The van der Waals surface area contributed by atoms with E-state index in [1.165, 1.54) is 24.8 Å². The highest BCUT2D eigenvalue weighted by Gasteiger charge is 2.55. The molecule has 0 atom stereocenters. The molecular weight excluding hydrogens is 462 g/mol. The number of carbonyl (C=O) groups is 2. The van der Waals surface area contributed by atoms with Gasteiger partial charge in [-0.3, -0.25) is 14.7 Å². The molecule has 7 heteroatoms. The number of carbonyl (C=O) groups excluding carboxylic acids is 2. The average Bonchev–Trinajstić information content (AvgIpc) is 3.11. The first-order valence-electron chi connectivity index (χ1n) is 13.8. The van der Waals surface area contributed by atoms with Gasteiger partial charge >= 0.3 is 6.03 Å². The molecule has 0 radical (unpaired) electrons. The Morgan fingerprint density at radius 3 is 2.46 bits per heavy atom. The molecule has 3 amide bonds. The predicted octanol–water partition coefficient (Wildman–Crippen LogP) is 4.31. The molecule has 1 spiro atoms. The highest BCUT2D eigenvalue weighted by molar-refractivity contribution is 5.86. The molecule has 2 heterocycles. The van der Waals surface area contributed by atoms with Crippen LogP contribution in [0.1, 0.15) is 61.6 Å². The number of hydrogen-bond donors (Lipinski definition) is 1. The van der Waals surface area contributed by atoms with E-state index in [0.717, 1.165) is 43.4 Å². The van der Waals surface area contributed by atoms with E-state index in [1.807, 2.05) is 13.0 Å². The Kier molecular flexibility index (Phi) is 7.26. The summed E-state index contributed by atoms with van der Waals surface area (Å²) >= 11 is 0. The van der Waals surface area contributed by atoms with Gasteiger partial charge < -0.3 is 15.1 Å². The third-order valence-corrected chi connectivity index (χ3v) is 9.36. The van der Waals surface area contributed by atoms with Crippen molar-refractivity contribution in [2.24, 2.45) is 5.92 Å². The number of amides is 3. The Morgan fingerprint density at radius 2 is 1.84 bits per heavy atom. The molecule has 37 heavy (non-hydrogen) atoms. The summed E-state index contributed by atoms with van der Waals surface area (Å²) in [6.45, 7) is 4.02. The van der Waals surface area contributed by atoms with Crippen LogP contribution in [-0.4, -0.2) is 70.9 Å². The number of hydrogen-bond acceptors (Lipinski definition) is 4. The number of nitrogens with one attached hydrogen (secondary N) is 1. The zero-order valence-electron chi connectivity index (χ0n) is 22.6. The molecular formula is C30H41N5O2. The molecule has 2 saturated carbocycles. The van der Waals surface area contributed by atoms with Crippen molar-refractivity contribution in [3.8, 4) is 0 Å². The topological polar surface area (TPSA) is 68.8 Å². The summed E-state index contributed by atoms with van der Waals surface area (Å²) in [6.07, 6.45) is 11.1. The first-order chi connectivity index (χ1) is 17.8. The molecule has 0 bridgehead atoms. The quantitative estimate of drug-likeness (QED) is 0.583. The largest absolute Gasteiger partial charge is 0.350 e. The normalized spacial score (nSPS) is 26.1. The van der Waals surface area contributed by atoms with Gasteiger partial charge in [0.25, 0.3) is 0 Å². The van der Waals surface area contributed by atoms with Crippen molar-refractivity contribution in [2.45, 2.75) is 69.5 Å². The van der Waals surface area contributed by atoms with Gasteiger partial charge in [0.05, 0.1) is 5.54 Å². The molecule has 1 aromatic carbocycles. The van der Waals surface area contributed by atoms with E-state index < -0.39 is 0 Å². The second-order valence-electron chi connectivity index (χ2n) is 11.6. The minimum Gasteiger partial charge on any atom is -0.350 e. The predicted molar refractivity (Wildman–Crippen MR) is 145 cm³/mol. The van der Waals surface area contributed by atoms with Gasteiger partial charge in [-0.1, -0.05) is 36.8 Å². The van der Waals surface area contributed by atoms with E-state index in [9.17, 15) is 9.59 Å². The Hall–Kier alpha value is -2.93. The van der Waals surface area contributed by atoms with Gasteiger partial charge in [-0.2, -0.15) is 0 Å². The fourth-order valence-corrected chi connectivity index (χ4v) is 6.61. The molecule has 3 fully saturated rings. The first kappa shape index (κ1) is 25.7. The van der Waals surface area contributed by atoms with Crippen molar-refractivity contribution in [1.29, 1.82) is 0 Å². The number of pyridine rings is 1. The standard InChI is InChI=1S/C30H41N5O2/c1-23-12-17-31-18-25(23)19-32-27(36)21-34-22-29(35(28(34)37)20-24-8-7-9-24)13-15-30(16-14-29,33(2)3)26-10-5-4-6-11-26/h4-6,10-12,17-18,24H,7-9,13-16,19-22H2,1-3H3,(H,32,36). The van der Waals surface area contributed by atoms with Crippen LogP contribution < -0.4 is 5.32 Å². The first-order valence-corrected chi connectivity index (χ1v) is 13.8. The van der Waals surface area contributed by atoms with Gasteiger partial charge in [0.15, 0.2) is 0 Å². The fraction of sp³-hybridized carbons (Fsp3) is 0.567. The smallest absolute Gasteiger partial charge is 0.321 e.